The number of nitrogens with two attached hydrogens (primary N) is 1. The lowest BCUT2D eigenvalue weighted by atomic mass is 10.0. The molecular weight excluding hydrogens is 342 g/mol. The van der Waals surface area contributed by atoms with Crippen LogP contribution in [0, 0.1) is 0 Å². The molecule has 0 spiro atoms. The fourth-order valence-electron chi connectivity index (χ4n) is 3.25. The van der Waals surface area contributed by atoms with Gasteiger partial charge in [0.05, 0.1) is 6.04 Å². The molecule has 1 aromatic heterocycles. The molecule has 0 saturated carbocycles. The molecule has 0 radical (unpaired) electrons. The van der Waals surface area contributed by atoms with Gasteiger partial charge in [-0.1, -0.05) is 48.5 Å². The summed E-state index contributed by atoms with van der Waals surface area (Å²) in [6.07, 6.45) is 2.45. The first kappa shape index (κ1) is 18.7. The van der Waals surface area contributed by atoms with E-state index in [9.17, 15) is 14.7 Å². The molecule has 0 aliphatic rings. The third-order valence-electron chi connectivity index (χ3n) is 4.65. The summed E-state index contributed by atoms with van der Waals surface area (Å²) in [6, 6.07) is 15.3. The molecule has 1 heterocycles. The van der Waals surface area contributed by atoms with Gasteiger partial charge in [-0.15, -0.1) is 0 Å². The minimum Gasteiger partial charge on any atom is -0.480 e. The molecular formula is C21H23N3O3. The first-order valence-electron chi connectivity index (χ1n) is 8.81. The van der Waals surface area contributed by atoms with Gasteiger partial charge < -0.3 is 20.7 Å². The molecule has 0 fully saturated rings. The van der Waals surface area contributed by atoms with Crippen LogP contribution in [0.15, 0.2) is 60.8 Å². The summed E-state index contributed by atoms with van der Waals surface area (Å²) in [6.45, 7) is 0. The lowest BCUT2D eigenvalue weighted by Crippen LogP contribution is -2.50. The fraction of sp³-hybridized carbons (Fsp3) is 0.238. The Balaban J connectivity index is 1.72. The predicted molar refractivity (Wildman–Crippen MR) is 104 cm³/mol. The van der Waals surface area contributed by atoms with E-state index in [1.807, 2.05) is 72.4 Å². The Labute approximate surface area is 157 Å². The van der Waals surface area contributed by atoms with Crippen molar-refractivity contribution in [1.29, 1.82) is 0 Å². The number of aromatic nitrogens is 1. The molecule has 0 aliphatic heterocycles. The Bertz CT molecular complexity index is 950. The van der Waals surface area contributed by atoms with Crippen LogP contribution < -0.4 is 11.1 Å². The number of aryl methyl sites for hydroxylation is 1. The van der Waals surface area contributed by atoms with Gasteiger partial charge in [0, 0.05) is 30.6 Å². The van der Waals surface area contributed by atoms with Crippen molar-refractivity contribution in [2.45, 2.75) is 24.9 Å². The van der Waals surface area contributed by atoms with Crippen molar-refractivity contribution in [3.63, 3.8) is 0 Å². The quantitative estimate of drug-likeness (QED) is 0.595. The molecule has 6 nitrogen and oxygen atoms in total. The number of aliphatic carboxylic acids is 1. The molecule has 1 unspecified atom stereocenters. The molecule has 0 saturated heterocycles. The molecule has 2 aromatic carbocycles. The number of fused-ring (bicyclic) bond motifs is 1. The Morgan fingerprint density at radius 1 is 1.07 bits per heavy atom. The van der Waals surface area contributed by atoms with Crippen LogP contribution in [0.3, 0.4) is 0 Å². The highest BCUT2D eigenvalue weighted by Crippen LogP contribution is 2.21. The van der Waals surface area contributed by atoms with Gasteiger partial charge in [-0.2, -0.15) is 0 Å². The van der Waals surface area contributed by atoms with E-state index < -0.39 is 24.0 Å². The number of carboxylic acid groups (broad SMARTS) is 1. The third kappa shape index (κ3) is 4.35. The summed E-state index contributed by atoms with van der Waals surface area (Å²) in [5.41, 5.74) is 8.80. The molecule has 4 N–H and O–H groups in total. The smallest absolute Gasteiger partial charge is 0.326 e. The summed E-state index contributed by atoms with van der Waals surface area (Å²) in [7, 11) is 1.91. The average molecular weight is 365 g/mol. The zero-order valence-electron chi connectivity index (χ0n) is 15.1. The summed E-state index contributed by atoms with van der Waals surface area (Å²) in [5, 5.41) is 13.1. The van der Waals surface area contributed by atoms with Crippen molar-refractivity contribution < 1.29 is 14.7 Å². The van der Waals surface area contributed by atoms with E-state index in [1.54, 1.807) is 0 Å². The van der Waals surface area contributed by atoms with E-state index in [0.717, 1.165) is 22.0 Å². The number of carboxylic acids is 1. The minimum absolute atomic E-state index is 0.195. The first-order valence-corrected chi connectivity index (χ1v) is 8.81. The standard InChI is InChI=1S/C21H23N3O3/c1-24-13-15(16-9-5-6-10-19(16)24)12-18(21(26)27)23-20(25)17(22)11-14-7-3-2-4-8-14/h2-10,13,17-18H,11-12,22H2,1H3,(H,23,25)(H,26,27)/t17?,18-/m1/s1. The number of nitrogens with zero attached hydrogens (tertiary/aromatic N) is 1. The number of para-hydroxylation sites is 1. The van der Waals surface area contributed by atoms with Gasteiger partial charge in [0.25, 0.3) is 0 Å². The monoisotopic (exact) mass is 365 g/mol. The van der Waals surface area contributed by atoms with E-state index >= 15 is 0 Å². The molecule has 3 rings (SSSR count). The van der Waals surface area contributed by atoms with Crippen molar-refractivity contribution in [3.05, 3.63) is 71.9 Å². The molecule has 3 aromatic rings. The van der Waals surface area contributed by atoms with Crippen LogP contribution in [-0.2, 0) is 29.5 Å². The SMILES string of the molecule is Cn1cc(C[C@@H](NC(=O)C(N)Cc2ccccc2)C(=O)O)c2ccccc21. The molecule has 2 atom stereocenters. The average Bonchev–Trinajstić information content (AvgIpc) is 2.98. The second-order valence-electron chi connectivity index (χ2n) is 6.68. The van der Waals surface area contributed by atoms with Crippen LogP contribution in [-0.4, -0.2) is 33.6 Å². The maximum absolute atomic E-state index is 12.4. The Morgan fingerprint density at radius 3 is 2.44 bits per heavy atom. The van der Waals surface area contributed by atoms with Crippen LogP contribution in [0.4, 0.5) is 0 Å². The van der Waals surface area contributed by atoms with Crippen LogP contribution >= 0.6 is 0 Å². The van der Waals surface area contributed by atoms with Crippen molar-refractivity contribution >= 4 is 22.8 Å². The zero-order chi connectivity index (χ0) is 19.4. The van der Waals surface area contributed by atoms with E-state index in [0.29, 0.717) is 6.42 Å². The van der Waals surface area contributed by atoms with Crippen LogP contribution in [0.25, 0.3) is 10.9 Å². The van der Waals surface area contributed by atoms with Gasteiger partial charge >= 0.3 is 5.97 Å². The second kappa shape index (κ2) is 8.05. The summed E-state index contributed by atoms with van der Waals surface area (Å²) < 4.78 is 1.95. The van der Waals surface area contributed by atoms with Crippen molar-refractivity contribution in [3.8, 4) is 0 Å². The number of benzene rings is 2. The maximum Gasteiger partial charge on any atom is 0.326 e. The van der Waals surface area contributed by atoms with E-state index in [1.165, 1.54) is 0 Å². The molecule has 140 valence electrons. The summed E-state index contributed by atoms with van der Waals surface area (Å²) in [5.74, 6) is -1.55. The van der Waals surface area contributed by atoms with Gasteiger partial charge in [0.15, 0.2) is 0 Å². The molecule has 27 heavy (non-hydrogen) atoms. The van der Waals surface area contributed by atoms with Gasteiger partial charge in [-0.25, -0.2) is 4.79 Å². The highest BCUT2D eigenvalue weighted by molar-refractivity contribution is 5.88. The normalized spacial score (nSPS) is 13.3. The van der Waals surface area contributed by atoms with Crippen molar-refractivity contribution in [1.82, 2.24) is 9.88 Å². The molecule has 6 heteroatoms. The first-order chi connectivity index (χ1) is 13.0. The molecule has 1 amide bonds. The topological polar surface area (TPSA) is 97.4 Å². The predicted octanol–water partition coefficient (Wildman–Crippen LogP) is 1.86. The lowest BCUT2D eigenvalue weighted by Gasteiger charge is -2.18. The van der Waals surface area contributed by atoms with Gasteiger partial charge in [-0.05, 0) is 23.6 Å². The lowest BCUT2D eigenvalue weighted by molar-refractivity contribution is -0.141. The Hall–Kier alpha value is -3.12. The largest absolute Gasteiger partial charge is 0.480 e. The number of hydrogen-bond acceptors (Lipinski definition) is 3. The number of nitrogens with one attached hydrogen (secondary N) is 1. The zero-order valence-corrected chi connectivity index (χ0v) is 15.1. The summed E-state index contributed by atoms with van der Waals surface area (Å²) >= 11 is 0. The van der Waals surface area contributed by atoms with Crippen molar-refractivity contribution in [2.75, 3.05) is 0 Å². The fourth-order valence-corrected chi connectivity index (χ4v) is 3.25. The maximum atomic E-state index is 12.4. The number of carbonyl (C=O) groups is 2. The van der Waals surface area contributed by atoms with Crippen LogP contribution in [0.2, 0.25) is 0 Å². The number of carbonyl (C=O) groups excluding carboxylic acids is 1. The number of amides is 1. The molecule has 0 aliphatic carbocycles. The van der Waals surface area contributed by atoms with E-state index in [4.69, 9.17) is 5.73 Å². The molecule has 0 bridgehead atoms. The van der Waals surface area contributed by atoms with Crippen molar-refractivity contribution in [2.24, 2.45) is 12.8 Å². The number of rotatable bonds is 7. The highest BCUT2D eigenvalue weighted by atomic mass is 16.4. The minimum atomic E-state index is -1.08. The van der Waals surface area contributed by atoms with E-state index in [2.05, 4.69) is 5.32 Å². The Kier molecular flexibility index (Phi) is 5.57. The second-order valence-corrected chi connectivity index (χ2v) is 6.68. The van der Waals surface area contributed by atoms with Gasteiger partial charge in [-0.3, -0.25) is 4.79 Å². The Morgan fingerprint density at radius 2 is 1.74 bits per heavy atom. The third-order valence-corrected chi connectivity index (χ3v) is 4.65. The van der Waals surface area contributed by atoms with Crippen LogP contribution in [0.1, 0.15) is 11.1 Å². The van der Waals surface area contributed by atoms with Gasteiger partial charge in [0.2, 0.25) is 5.91 Å². The van der Waals surface area contributed by atoms with Gasteiger partial charge in [0.1, 0.15) is 6.04 Å². The summed E-state index contributed by atoms with van der Waals surface area (Å²) in [4.78, 5) is 24.1. The highest BCUT2D eigenvalue weighted by Gasteiger charge is 2.25. The number of hydrogen-bond donors (Lipinski definition) is 3. The van der Waals surface area contributed by atoms with E-state index in [-0.39, 0.29) is 6.42 Å². The van der Waals surface area contributed by atoms with Crippen LogP contribution in [0.5, 0.6) is 0 Å².